The highest BCUT2D eigenvalue weighted by Crippen LogP contribution is 2.23. The fourth-order valence-corrected chi connectivity index (χ4v) is 2.39. The van der Waals surface area contributed by atoms with Gasteiger partial charge in [-0.2, -0.15) is 0 Å². The zero-order chi connectivity index (χ0) is 13.1. The first-order valence-electron chi connectivity index (χ1n) is 6.21. The van der Waals surface area contributed by atoms with Crippen LogP contribution >= 0.6 is 0 Å². The maximum atomic E-state index is 12.4. The van der Waals surface area contributed by atoms with Crippen LogP contribution in [0.1, 0.15) is 30.3 Å². The molecule has 18 heavy (non-hydrogen) atoms. The van der Waals surface area contributed by atoms with Crippen molar-refractivity contribution in [2.24, 2.45) is 11.7 Å². The zero-order valence-electron chi connectivity index (χ0n) is 10.5. The average Bonchev–Trinajstić information content (AvgIpc) is 2.38. The van der Waals surface area contributed by atoms with Crippen LogP contribution in [0.25, 0.3) is 0 Å². The standard InChI is InChI=1S/C12H19N5O/c1-8-2-5-17(9(6-8)7-13)12(18)10-11(14)16-4-3-15-10/h3-4,8-9H,2,5-7,13H2,1H3,(H2,14,16). The van der Waals surface area contributed by atoms with Gasteiger partial charge in [0.1, 0.15) is 0 Å². The lowest BCUT2D eigenvalue weighted by Gasteiger charge is -2.37. The molecular weight excluding hydrogens is 230 g/mol. The second-order valence-electron chi connectivity index (χ2n) is 4.81. The van der Waals surface area contributed by atoms with Crippen LogP contribution in [0.3, 0.4) is 0 Å². The molecule has 4 N–H and O–H groups in total. The number of anilines is 1. The van der Waals surface area contributed by atoms with Gasteiger partial charge in [0.15, 0.2) is 11.5 Å². The molecule has 1 aliphatic rings. The molecule has 2 unspecified atom stereocenters. The Bertz CT molecular complexity index is 436. The van der Waals surface area contributed by atoms with Gasteiger partial charge in [0.05, 0.1) is 0 Å². The molecule has 1 aromatic rings. The van der Waals surface area contributed by atoms with E-state index in [1.807, 2.05) is 0 Å². The number of rotatable bonds is 2. The van der Waals surface area contributed by atoms with Crippen molar-refractivity contribution in [2.75, 3.05) is 18.8 Å². The monoisotopic (exact) mass is 249 g/mol. The third kappa shape index (κ3) is 2.43. The van der Waals surface area contributed by atoms with Gasteiger partial charge in [0.2, 0.25) is 0 Å². The van der Waals surface area contributed by atoms with Crippen molar-refractivity contribution in [2.45, 2.75) is 25.8 Å². The largest absolute Gasteiger partial charge is 0.382 e. The molecule has 0 aromatic carbocycles. The predicted octanol–water partition coefficient (Wildman–Crippen LogP) is 0.258. The molecule has 0 spiro atoms. The average molecular weight is 249 g/mol. The molecule has 2 heterocycles. The number of likely N-dealkylation sites (tertiary alicyclic amines) is 1. The van der Waals surface area contributed by atoms with Crippen LogP contribution in [0, 0.1) is 5.92 Å². The summed E-state index contributed by atoms with van der Waals surface area (Å²) in [5.74, 6) is 0.613. The summed E-state index contributed by atoms with van der Waals surface area (Å²) < 4.78 is 0. The number of hydrogen-bond donors (Lipinski definition) is 2. The molecule has 0 bridgehead atoms. The van der Waals surface area contributed by atoms with E-state index in [0.29, 0.717) is 19.0 Å². The third-order valence-electron chi connectivity index (χ3n) is 3.44. The molecule has 2 atom stereocenters. The van der Waals surface area contributed by atoms with Crippen molar-refractivity contribution in [3.05, 3.63) is 18.1 Å². The Morgan fingerprint density at radius 1 is 1.50 bits per heavy atom. The minimum absolute atomic E-state index is 0.0719. The highest BCUT2D eigenvalue weighted by molar-refractivity contribution is 5.96. The number of nitrogen functional groups attached to an aromatic ring is 1. The lowest BCUT2D eigenvalue weighted by atomic mass is 9.92. The lowest BCUT2D eigenvalue weighted by molar-refractivity contribution is 0.0568. The third-order valence-corrected chi connectivity index (χ3v) is 3.44. The van der Waals surface area contributed by atoms with Crippen LogP contribution in [0.2, 0.25) is 0 Å². The van der Waals surface area contributed by atoms with Gasteiger partial charge in [0.25, 0.3) is 5.91 Å². The molecule has 0 saturated carbocycles. The summed E-state index contributed by atoms with van der Waals surface area (Å²) in [5, 5.41) is 0. The molecule has 6 heteroatoms. The van der Waals surface area contributed by atoms with Crippen molar-refractivity contribution in [3.63, 3.8) is 0 Å². The predicted molar refractivity (Wildman–Crippen MR) is 68.7 cm³/mol. The Morgan fingerprint density at radius 2 is 2.22 bits per heavy atom. The van der Waals surface area contributed by atoms with Crippen LogP contribution in [0.4, 0.5) is 5.82 Å². The van der Waals surface area contributed by atoms with Crippen LogP contribution in [-0.2, 0) is 0 Å². The van der Waals surface area contributed by atoms with Gasteiger partial charge >= 0.3 is 0 Å². The molecule has 1 fully saturated rings. The topological polar surface area (TPSA) is 98.1 Å². The molecule has 0 radical (unpaired) electrons. The minimum Gasteiger partial charge on any atom is -0.382 e. The second kappa shape index (κ2) is 5.30. The van der Waals surface area contributed by atoms with E-state index in [9.17, 15) is 4.79 Å². The Labute approximate surface area is 106 Å². The van der Waals surface area contributed by atoms with Gasteiger partial charge < -0.3 is 16.4 Å². The number of nitrogens with zero attached hydrogens (tertiary/aromatic N) is 3. The van der Waals surface area contributed by atoms with Crippen LogP contribution in [-0.4, -0.2) is 39.9 Å². The maximum absolute atomic E-state index is 12.4. The summed E-state index contributed by atoms with van der Waals surface area (Å²) in [5.41, 5.74) is 11.7. The number of nitrogens with two attached hydrogens (primary N) is 2. The maximum Gasteiger partial charge on any atom is 0.276 e. The Morgan fingerprint density at radius 3 is 2.89 bits per heavy atom. The first kappa shape index (κ1) is 12.8. The molecule has 0 aliphatic carbocycles. The molecule has 1 aliphatic heterocycles. The summed E-state index contributed by atoms with van der Waals surface area (Å²) in [6.07, 6.45) is 4.88. The Balaban J connectivity index is 2.20. The first-order valence-corrected chi connectivity index (χ1v) is 6.21. The smallest absolute Gasteiger partial charge is 0.276 e. The molecule has 1 aromatic heterocycles. The lowest BCUT2D eigenvalue weighted by Crippen LogP contribution is -2.49. The number of hydrogen-bond acceptors (Lipinski definition) is 5. The van der Waals surface area contributed by atoms with Gasteiger partial charge in [0, 0.05) is 31.5 Å². The Kier molecular flexibility index (Phi) is 3.76. The number of amides is 1. The number of aromatic nitrogens is 2. The summed E-state index contributed by atoms with van der Waals surface area (Å²) in [4.78, 5) is 22.1. The first-order chi connectivity index (χ1) is 8.63. The van der Waals surface area contributed by atoms with E-state index in [2.05, 4.69) is 16.9 Å². The highest BCUT2D eigenvalue weighted by atomic mass is 16.2. The number of carbonyl (C=O) groups is 1. The van der Waals surface area contributed by atoms with E-state index in [1.54, 1.807) is 4.90 Å². The van der Waals surface area contributed by atoms with Gasteiger partial charge in [-0.05, 0) is 18.8 Å². The fraction of sp³-hybridized carbons (Fsp3) is 0.583. The molecule has 2 rings (SSSR count). The van der Waals surface area contributed by atoms with Crippen LogP contribution < -0.4 is 11.5 Å². The molecule has 1 amide bonds. The van der Waals surface area contributed by atoms with E-state index in [0.717, 1.165) is 12.8 Å². The second-order valence-corrected chi connectivity index (χ2v) is 4.81. The van der Waals surface area contributed by atoms with Gasteiger partial charge in [-0.1, -0.05) is 6.92 Å². The van der Waals surface area contributed by atoms with Crippen molar-refractivity contribution in [3.8, 4) is 0 Å². The quantitative estimate of drug-likeness (QED) is 0.783. The van der Waals surface area contributed by atoms with E-state index < -0.39 is 0 Å². The zero-order valence-corrected chi connectivity index (χ0v) is 10.5. The van der Waals surface area contributed by atoms with Crippen molar-refractivity contribution in [1.82, 2.24) is 14.9 Å². The van der Waals surface area contributed by atoms with E-state index in [-0.39, 0.29) is 23.5 Å². The molecular formula is C12H19N5O. The summed E-state index contributed by atoms with van der Waals surface area (Å²) in [6, 6.07) is 0.0719. The SMILES string of the molecule is CC1CCN(C(=O)c2nccnc2N)C(CN)C1. The van der Waals surface area contributed by atoms with Crippen molar-refractivity contribution >= 4 is 11.7 Å². The van der Waals surface area contributed by atoms with E-state index in [1.165, 1.54) is 12.4 Å². The van der Waals surface area contributed by atoms with E-state index in [4.69, 9.17) is 11.5 Å². The fourth-order valence-electron chi connectivity index (χ4n) is 2.39. The highest BCUT2D eigenvalue weighted by Gasteiger charge is 2.31. The summed E-state index contributed by atoms with van der Waals surface area (Å²) in [6.45, 7) is 3.36. The summed E-state index contributed by atoms with van der Waals surface area (Å²) in [7, 11) is 0. The van der Waals surface area contributed by atoms with Crippen LogP contribution in [0.15, 0.2) is 12.4 Å². The minimum atomic E-state index is -0.164. The van der Waals surface area contributed by atoms with Gasteiger partial charge in [-0.25, -0.2) is 9.97 Å². The van der Waals surface area contributed by atoms with E-state index >= 15 is 0 Å². The molecule has 1 saturated heterocycles. The summed E-state index contributed by atoms with van der Waals surface area (Å²) >= 11 is 0. The molecule has 6 nitrogen and oxygen atoms in total. The Hall–Kier alpha value is -1.69. The van der Waals surface area contributed by atoms with Crippen molar-refractivity contribution in [1.29, 1.82) is 0 Å². The number of carbonyl (C=O) groups excluding carboxylic acids is 1. The van der Waals surface area contributed by atoms with Crippen molar-refractivity contribution < 1.29 is 4.79 Å². The van der Waals surface area contributed by atoms with Gasteiger partial charge in [-0.15, -0.1) is 0 Å². The molecule has 98 valence electrons. The number of piperidine rings is 1. The van der Waals surface area contributed by atoms with Crippen LogP contribution in [0.5, 0.6) is 0 Å². The normalized spacial score (nSPS) is 24.0. The van der Waals surface area contributed by atoms with Gasteiger partial charge in [-0.3, -0.25) is 4.79 Å².